The number of hydrogen-bond acceptors (Lipinski definition) is 3. The van der Waals surface area contributed by atoms with Crippen LogP contribution in [0.25, 0.3) is 0 Å². The molecule has 2 aromatic rings. The second kappa shape index (κ2) is 9.29. The summed E-state index contributed by atoms with van der Waals surface area (Å²) in [5, 5.41) is 5.48. The smallest absolute Gasteiger partial charge is 0.350 e. The summed E-state index contributed by atoms with van der Waals surface area (Å²) in [5.41, 5.74) is 4.10. The Morgan fingerprint density at radius 1 is 1.22 bits per heavy atom. The number of benzene rings is 2. The number of nitrogens with zero attached hydrogens (tertiary/aromatic N) is 3. The standard InChI is InChI=1S/C21H18Cl3F3N4O/c1-2-31(19(28)32)30-10-13-4-3-12(5-17(13)24)18-9-20(11-29-18,21(25,26)27)14-6-15(22)8-16(23)7-14/h3-8,10H,2,9,11H2,1H3,(H2,28,32). The van der Waals surface area contributed by atoms with Gasteiger partial charge in [0.15, 0.2) is 0 Å². The van der Waals surface area contributed by atoms with Crippen molar-refractivity contribution < 1.29 is 18.0 Å². The first kappa shape index (κ1) is 24.4. The van der Waals surface area contributed by atoms with E-state index in [9.17, 15) is 18.0 Å². The van der Waals surface area contributed by atoms with Gasteiger partial charge >= 0.3 is 12.2 Å². The summed E-state index contributed by atoms with van der Waals surface area (Å²) < 4.78 is 42.7. The molecule has 2 aromatic carbocycles. The van der Waals surface area contributed by atoms with E-state index in [2.05, 4.69) is 10.1 Å². The fourth-order valence-corrected chi connectivity index (χ4v) is 4.19. The molecule has 0 radical (unpaired) electrons. The molecule has 1 atom stereocenters. The molecule has 1 aliphatic heterocycles. The average molecular weight is 506 g/mol. The SMILES string of the molecule is CCN(N=Cc1ccc(C2=NCC(c3cc(Cl)cc(Cl)c3)(C(F)(F)F)C2)cc1Cl)C(N)=O. The number of hydrogen-bond donors (Lipinski definition) is 1. The first-order valence-electron chi connectivity index (χ1n) is 9.44. The molecule has 11 heteroatoms. The van der Waals surface area contributed by atoms with E-state index < -0.39 is 24.2 Å². The number of nitrogens with two attached hydrogens (primary N) is 1. The third-order valence-corrected chi connectivity index (χ3v) is 5.95. The highest BCUT2D eigenvalue weighted by Gasteiger charge is 2.58. The zero-order chi connectivity index (χ0) is 23.7. The van der Waals surface area contributed by atoms with Crippen LogP contribution in [0.3, 0.4) is 0 Å². The number of hydrazone groups is 1. The molecule has 5 nitrogen and oxygen atoms in total. The lowest BCUT2D eigenvalue weighted by Crippen LogP contribution is -2.43. The van der Waals surface area contributed by atoms with Crippen LogP contribution < -0.4 is 5.73 Å². The summed E-state index contributed by atoms with van der Waals surface area (Å²) in [6.45, 7) is 1.48. The molecule has 0 saturated carbocycles. The molecular weight excluding hydrogens is 488 g/mol. The fraction of sp³-hybridized carbons (Fsp3) is 0.286. The molecule has 0 aliphatic carbocycles. The molecule has 1 unspecified atom stereocenters. The van der Waals surface area contributed by atoms with E-state index in [1.165, 1.54) is 30.5 Å². The molecule has 0 fully saturated rings. The molecule has 0 aromatic heterocycles. The molecule has 0 bridgehead atoms. The number of halogens is 6. The molecule has 0 saturated heterocycles. The van der Waals surface area contributed by atoms with Crippen LogP contribution in [-0.2, 0) is 5.41 Å². The summed E-state index contributed by atoms with van der Waals surface area (Å²) in [4.78, 5) is 15.4. The predicted octanol–water partition coefficient (Wildman–Crippen LogP) is 6.07. The quantitative estimate of drug-likeness (QED) is 0.388. The van der Waals surface area contributed by atoms with Gasteiger partial charge in [-0.3, -0.25) is 4.99 Å². The van der Waals surface area contributed by atoms with Crippen molar-refractivity contribution in [3.05, 3.63) is 68.2 Å². The number of amides is 2. The van der Waals surface area contributed by atoms with Crippen LogP contribution in [-0.4, -0.2) is 42.2 Å². The van der Waals surface area contributed by atoms with Gasteiger partial charge in [-0.05, 0) is 42.3 Å². The van der Waals surface area contributed by atoms with Crippen molar-refractivity contribution in [3.63, 3.8) is 0 Å². The van der Waals surface area contributed by atoms with E-state index in [0.717, 1.165) is 5.01 Å². The Kier molecular flexibility index (Phi) is 7.07. The highest BCUT2D eigenvalue weighted by Crippen LogP contribution is 2.48. The van der Waals surface area contributed by atoms with Crippen LogP contribution in [0.5, 0.6) is 0 Å². The van der Waals surface area contributed by atoms with Gasteiger partial charge in [0.05, 0.1) is 17.8 Å². The minimum absolute atomic E-state index is 0.0396. The molecule has 2 N–H and O–H groups in total. The summed E-state index contributed by atoms with van der Waals surface area (Å²) in [7, 11) is 0. The van der Waals surface area contributed by atoms with Crippen molar-refractivity contribution in [3.8, 4) is 0 Å². The van der Waals surface area contributed by atoms with Gasteiger partial charge in [-0.1, -0.05) is 46.9 Å². The van der Waals surface area contributed by atoms with Crippen LogP contribution in [0.4, 0.5) is 18.0 Å². The second-order valence-electron chi connectivity index (χ2n) is 7.21. The van der Waals surface area contributed by atoms with Crippen molar-refractivity contribution >= 4 is 52.8 Å². The molecule has 32 heavy (non-hydrogen) atoms. The van der Waals surface area contributed by atoms with Gasteiger partial charge in [0.25, 0.3) is 0 Å². The molecule has 0 spiro atoms. The lowest BCUT2D eigenvalue weighted by molar-refractivity contribution is -0.183. The highest BCUT2D eigenvalue weighted by atomic mass is 35.5. The average Bonchev–Trinajstić information content (AvgIpc) is 3.15. The van der Waals surface area contributed by atoms with E-state index in [1.807, 2.05) is 0 Å². The molecule has 170 valence electrons. The molecule has 1 heterocycles. The van der Waals surface area contributed by atoms with Crippen LogP contribution in [0.15, 0.2) is 46.5 Å². The number of aliphatic imine (C=N–C) groups is 1. The van der Waals surface area contributed by atoms with Crippen molar-refractivity contribution in [2.75, 3.05) is 13.1 Å². The first-order valence-corrected chi connectivity index (χ1v) is 10.6. The molecule has 3 rings (SSSR count). The van der Waals surface area contributed by atoms with Gasteiger partial charge in [-0.15, -0.1) is 0 Å². The summed E-state index contributed by atoms with van der Waals surface area (Å²) in [6, 6.07) is 7.90. The Hall–Kier alpha value is -2.29. The van der Waals surface area contributed by atoms with Gasteiger partial charge in [0.2, 0.25) is 0 Å². The Balaban J connectivity index is 1.91. The number of carbonyl (C=O) groups is 1. The zero-order valence-electron chi connectivity index (χ0n) is 16.8. The van der Waals surface area contributed by atoms with E-state index >= 15 is 0 Å². The number of urea groups is 1. The van der Waals surface area contributed by atoms with Crippen LogP contribution in [0, 0.1) is 0 Å². The van der Waals surface area contributed by atoms with Gasteiger partial charge in [-0.25, -0.2) is 9.80 Å². The van der Waals surface area contributed by atoms with Crippen LogP contribution in [0.1, 0.15) is 30.0 Å². The zero-order valence-corrected chi connectivity index (χ0v) is 19.0. The predicted molar refractivity (Wildman–Crippen MR) is 121 cm³/mol. The van der Waals surface area contributed by atoms with E-state index in [-0.39, 0.29) is 39.3 Å². The first-order chi connectivity index (χ1) is 15.0. The number of alkyl halides is 3. The minimum Gasteiger partial charge on any atom is -0.350 e. The minimum atomic E-state index is -4.58. The van der Waals surface area contributed by atoms with E-state index in [4.69, 9.17) is 40.5 Å². The van der Waals surface area contributed by atoms with Crippen molar-refractivity contribution in [2.45, 2.75) is 24.9 Å². The van der Waals surface area contributed by atoms with Crippen molar-refractivity contribution in [1.29, 1.82) is 0 Å². The normalized spacial score (nSPS) is 18.8. The maximum atomic E-state index is 14.2. The van der Waals surface area contributed by atoms with Gasteiger partial charge in [0, 0.05) is 34.3 Å². The lowest BCUT2D eigenvalue weighted by atomic mass is 9.76. The topological polar surface area (TPSA) is 71.1 Å². The number of primary amides is 1. The van der Waals surface area contributed by atoms with Crippen LogP contribution >= 0.6 is 34.8 Å². The van der Waals surface area contributed by atoms with Gasteiger partial charge in [0.1, 0.15) is 5.41 Å². The maximum absolute atomic E-state index is 14.2. The maximum Gasteiger partial charge on any atom is 0.400 e. The van der Waals surface area contributed by atoms with Crippen molar-refractivity contribution in [2.24, 2.45) is 15.8 Å². The molecular formula is C21H18Cl3F3N4O. The molecule has 1 aliphatic rings. The largest absolute Gasteiger partial charge is 0.400 e. The Labute approximate surface area is 197 Å². The van der Waals surface area contributed by atoms with Crippen LogP contribution in [0.2, 0.25) is 15.1 Å². The fourth-order valence-electron chi connectivity index (χ4n) is 3.44. The van der Waals surface area contributed by atoms with Gasteiger partial charge in [-0.2, -0.15) is 18.3 Å². The summed E-state index contributed by atoms with van der Waals surface area (Å²) >= 11 is 18.2. The second-order valence-corrected chi connectivity index (χ2v) is 8.49. The molecule has 2 amide bonds. The number of carbonyl (C=O) groups excluding carboxylic acids is 1. The number of rotatable bonds is 5. The highest BCUT2D eigenvalue weighted by molar-refractivity contribution is 6.35. The summed E-state index contributed by atoms with van der Waals surface area (Å²) in [5.74, 6) is 0. The summed E-state index contributed by atoms with van der Waals surface area (Å²) in [6.07, 6.45) is -3.62. The lowest BCUT2D eigenvalue weighted by Gasteiger charge is -2.31. The monoisotopic (exact) mass is 504 g/mol. The third kappa shape index (κ3) is 4.87. The van der Waals surface area contributed by atoms with E-state index in [0.29, 0.717) is 11.1 Å². The third-order valence-electron chi connectivity index (χ3n) is 5.19. The Morgan fingerprint density at radius 2 is 1.88 bits per heavy atom. The van der Waals surface area contributed by atoms with Gasteiger partial charge < -0.3 is 5.73 Å². The van der Waals surface area contributed by atoms with E-state index in [1.54, 1.807) is 19.1 Å². The Bertz CT molecular complexity index is 1080. The Morgan fingerprint density at radius 3 is 2.41 bits per heavy atom. The van der Waals surface area contributed by atoms with Crippen molar-refractivity contribution in [1.82, 2.24) is 5.01 Å².